The Balaban J connectivity index is 1.65. The molecule has 1 aromatic heterocycles. The zero-order chi connectivity index (χ0) is 22.1. The summed E-state index contributed by atoms with van der Waals surface area (Å²) in [4.78, 5) is 35.5. The number of anilines is 1. The van der Waals surface area contributed by atoms with Crippen LogP contribution in [-0.2, 0) is 0 Å². The summed E-state index contributed by atoms with van der Waals surface area (Å²) in [5, 5.41) is 14.5. The van der Waals surface area contributed by atoms with Gasteiger partial charge in [0.15, 0.2) is 0 Å². The van der Waals surface area contributed by atoms with Gasteiger partial charge in [0.05, 0.1) is 16.1 Å². The van der Waals surface area contributed by atoms with E-state index in [9.17, 15) is 19.7 Å². The molecule has 1 heterocycles. The summed E-state index contributed by atoms with van der Waals surface area (Å²) in [6.07, 6.45) is 0. The van der Waals surface area contributed by atoms with Crippen molar-refractivity contribution >= 4 is 44.2 Å². The van der Waals surface area contributed by atoms with E-state index in [1.54, 1.807) is 36.4 Å². The van der Waals surface area contributed by atoms with E-state index in [0.29, 0.717) is 26.9 Å². The molecule has 0 spiro atoms. The first-order chi connectivity index (χ1) is 14.8. The summed E-state index contributed by atoms with van der Waals surface area (Å²) in [6.45, 7) is 1.82. The Labute approximate surface area is 184 Å². The van der Waals surface area contributed by atoms with Crippen LogP contribution in [0, 0.1) is 17.0 Å². The Morgan fingerprint density at radius 3 is 2.55 bits per heavy atom. The lowest BCUT2D eigenvalue weighted by Crippen LogP contribution is -2.13. The first-order valence-corrected chi connectivity index (χ1v) is 10.0. The maximum Gasteiger partial charge on any atom is 0.344 e. The Morgan fingerprint density at radius 1 is 1.03 bits per heavy atom. The topological polar surface area (TPSA) is 102 Å². The number of amides is 1. The standard InChI is InChI=1S/C23H15BrN2O5/c1-13-10-15(25-22(27)19-12-16(26(29)30)7-9-20(19)24)6-8-17(13)18-11-14-4-2-3-5-21(14)31-23(18)28/h2-12H,1H3,(H,25,27). The number of aryl methyl sites for hydroxylation is 1. The molecule has 0 saturated carbocycles. The molecule has 8 heteroatoms. The molecule has 31 heavy (non-hydrogen) atoms. The molecule has 0 fully saturated rings. The summed E-state index contributed by atoms with van der Waals surface area (Å²) < 4.78 is 5.86. The maximum absolute atomic E-state index is 12.6. The second-order valence-electron chi connectivity index (χ2n) is 6.89. The molecule has 4 rings (SSSR count). The number of benzene rings is 3. The molecule has 0 aliphatic heterocycles. The maximum atomic E-state index is 12.6. The van der Waals surface area contributed by atoms with Crippen molar-refractivity contribution in [3.05, 3.63) is 103 Å². The van der Waals surface area contributed by atoms with Gasteiger partial charge in [-0.3, -0.25) is 14.9 Å². The summed E-state index contributed by atoms with van der Waals surface area (Å²) in [5.74, 6) is -0.493. The van der Waals surface area contributed by atoms with E-state index < -0.39 is 16.5 Å². The van der Waals surface area contributed by atoms with E-state index in [1.807, 2.05) is 19.1 Å². The number of fused-ring (bicyclic) bond motifs is 1. The van der Waals surface area contributed by atoms with Gasteiger partial charge in [-0.1, -0.05) is 24.3 Å². The number of carbonyl (C=O) groups is 1. The number of nitrogens with one attached hydrogen (secondary N) is 1. The summed E-state index contributed by atoms with van der Waals surface area (Å²) in [6, 6.07) is 18.2. The van der Waals surface area contributed by atoms with E-state index in [2.05, 4.69) is 21.2 Å². The van der Waals surface area contributed by atoms with Crippen LogP contribution in [0.2, 0.25) is 0 Å². The number of hydrogen-bond acceptors (Lipinski definition) is 5. The van der Waals surface area contributed by atoms with Crippen molar-refractivity contribution in [2.45, 2.75) is 6.92 Å². The van der Waals surface area contributed by atoms with E-state index in [-0.39, 0.29) is 11.3 Å². The van der Waals surface area contributed by atoms with E-state index >= 15 is 0 Å². The number of rotatable bonds is 4. The van der Waals surface area contributed by atoms with Gasteiger partial charge in [-0.25, -0.2) is 4.79 Å². The molecule has 4 aromatic rings. The normalized spacial score (nSPS) is 10.8. The van der Waals surface area contributed by atoms with Crippen LogP contribution in [0.3, 0.4) is 0 Å². The van der Waals surface area contributed by atoms with Crippen molar-refractivity contribution in [2.24, 2.45) is 0 Å². The minimum Gasteiger partial charge on any atom is -0.422 e. The monoisotopic (exact) mass is 478 g/mol. The third-order valence-corrected chi connectivity index (χ3v) is 5.51. The molecule has 0 saturated heterocycles. The first kappa shape index (κ1) is 20.5. The lowest BCUT2D eigenvalue weighted by Gasteiger charge is -2.11. The van der Waals surface area contributed by atoms with Crippen molar-refractivity contribution in [1.82, 2.24) is 0 Å². The van der Waals surface area contributed by atoms with Crippen molar-refractivity contribution in [3.8, 4) is 11.1 Å². The number of carbonyl (C=O) groups excluding carboxylic acids is 1. The fraction of sp³-hybridized carbons (Fsp3) is 0.0435. The third kappa shape index (κ3) is 4.10. The predicted molar refractivity (Wildman–Crippen MR) is 121 cm³/mol. The van der Waals surface area contributed by atoms with Gasteiger partial charge in [-0.15, -0.1) is 0 Å². The molecule has 1 N–H and O–H groups in total. The lowest BCUT2D eigenvalue weighted by molar-refractivity contribution is -0.384. The highest BCUT2D eigenvalue weighted by atomic mass is 79.9. The van der Waals surface area contributed by atoms with Gasteiger partial charge in [-0.05, 0) is 64.3 Å². The van der Waals surface area contributed by atoms with Gasteiger partial charge in [-0.2, -0.15) is 0 Å². The van der Waals surface area contributed by atoms with Crippen LogP contribution < -0.4 is 10.9 Å². The fourth-order valence-electron chi connectivity index (χ4n) is 3.29. The minimum absolute atomic E-state index is 0.145. The average Bonchev–Trinajstić information content (AvgIpc) is 2.73. The van der Waals surface area contributed by atoms with Crippen LogP contribution in [0.15, 0.2) is 80.4 Å². The van der Waals surface area contributed by atoms with Gasteiger partial charge < -0.3 is 9.73 Å². The molecule has 0 radical (unpaired) electrons. The highest BCUT2D eigenvalue weighted by Gasteiger charge is 2.17. The molecule has 7 nitrogen and oxygen atoms in total. The molecular formula is C23H15BrN2O5. The Bertz CT molecular complexity index is 1410. The largest absolute Gasteiger partial charge is 0.422 e. The summed E-state index contributed by atoms with van der Waals surface area (Å²) >= 11 is 3.25. The van der Waals surface area contributed by atoms with Gasteiger partial charge in [0.2, 0.25) is 0 Å². The molecule has 3 aromatic carbocycles. The summed E-state index contributed by atoms with van der Waals surface area (Å²) in [5.41, 5.74) is 2.41. The summed E-state index contributed by atoms with van der Waals surface area (Å²) in [7, 11) is 0. The number of para-hydroxylation sites is 1. The van der Waals surface area contributed by atoms with E-state index in [4.69, 9.17) is 4.42 Å². The van der Waals surface area contributed by atoms with Crippen LogP contribution in [0.5, 0.6) is 0 Å². The van der Waals surface area contributed by atoms with Crippen molar-refractivity contribution in [2.75, 3.05) is 5.32 Å². The van der Waals surface area contributed by atoms with Crippen LogP contribution in [0.4, 0.5) is 11.4 Å². The molecule has 154 valence electrons. The quantitative estimate of drug-likeness (QED) is 0.230. The Hall–Kier alpha value is -3.78. The smallest absolute Gasteiger partial charge is 0.344 e. The van der Waals surface area contributed by atoms with Crippen LogP contribution >= 0.6 is 15.9 Å². The minimum atomic E-state index is -0.558. The third-order valence-electron chi connectivity index (χ3n) is 4.82. The number of halogens is 1. The molecule has 0 aliphatic carbocycles. The number of nitrogens with zero attached hydrogens (tertiary/aromatic N) is 1. The van der Waals surface area contributed by atoms with E-state index in [0.717, 1.165) is 10.9 Å². The Morgan fingerprint density at radius 2 is 1.81 bits per heavy atom. The fourth-order valence-corrected chi connectivity index (χ4v) is 3.72. The number of nitro benzene ring substituents is 1. The zero-order valence-corrected chi connectivity index (χ0v) is 17.8. The lowest BCUT2D eigenvalue weighted by atomic mass is 10.0. The number of hydrogen-bond donors (Lipinski definition) is 1. The van der Waals surface area contributed by atoms with E-state index in [1.165, 1.54) is 18.2 Å². The first-order valence-electron chi connectivity index (χ1n) is 9.23. The van der Waals surface area contributed by atoms with Crippen LogP contribution in [0.25, 0.3) is 22.1 Å². The molecule has 1 amide bonds. The van der Waals surface area contributed by atoms with Crippen molar-refractivity contribution in [3.63, 3.8) is 0 Å². The van der Waals surface area contributed by atoms with Crippen LogP contribution in [-0.4, -0.2) is 10.8 Å². The SMILES string of the molecule is Cc1cc(NC(=O)c2cc([N+](=O)[O-])ccc2Br)ccc1-c1cc2ccccc2oc1=O. The van der Waals surface area contributed by atoms with Crippen molar-refractivity contribution in [1.29, 1.82) is 0 Å². The van der Waals surface area contributed by atoms with Gasteiger partial charge in [0, 0.05) is 27.7 Å². The predicted octanol–water partition coefficient (Wildman–Crippen LogP) is 5.69. The second kappa shape index (κ2) is 8.16. The molecule has 0 unspecified atom stereocenters. The average molecular weight is 479 g/mol. The molecule has 0 aliphatic rings. The second-order valence-corrected chi connectivity index (χ2v) is 7.74. The molecule has 0 bridgehead atoms. The Kier molecular flexibility index (Phi) is 5.39. The van der Waals surface area contributed by atoms with Gasteiger partial charge >= 0.3 is 5.63 Å². The van der Waals surface area contributed by atoms with Crippen molar-refractivity contribution < 1.29 is 14.1 Å². The zero-order valence-electron chi connectivity index (χ0n) is 16.2. The van der Waals surface area contributed by atoms with Crippen LogP contribution in [0.1, 0.15) is 15.9 Å². The molecule has 0 atom stereocenters. The number of nitro groups is 1. The highest BCUT2D eigenvalue weighted by molar-refractivity contribution is 9.10. The number of non-ortho nitro benzene ring substituents is 1. The highest BCUT2D eigenvalue weighted by Crippen LogP contribution is 2.28. The van der Waals surface area contributed by atoms with Gasteiger partial charge in [0.25, 0.3) is 11.6 Å². The van der Waals surface area contributed by atoms with Gasteiger partial charge in [0.1, 0.15) is 5.58 Å². The molecular weight excluding hydrogens is 464 g/mol.